The van der Waals surface area contributed by atoms with E-state index in [2.05, 4.69) is 20.1 Å². The van der Waals surface area contributed by atoms with Crippen molar-refractivity contribution < 1.29 is 4.52 Å². The number of nitrogens with two attached hydrogens (primary N) is 1. The predicted octanol–water partition coefficient (Wildman–Crippen LogP) is 0.0278. The Bertz CT molecular complexity index is 399. The summed E-state index contributed by atoms with van der Waals surface area (Å²) >= 11 is 0. The number of aromatic nitrogens is 4. The van der Waals surface area contributed by atoms with E-state index >= 15 is 0 Å². The molecule has 2 aromatic rings. The molecule has 2 aromatic heterocycles. The molecule has 0 bridgehead atoms. The fourth-order valence-corrected chi connectivity index (χ4v) is 0.985. The summed E-state index contributed by atoms with van der Waals surface area (Å²) in [6.07, 6.45) is 3.83. The first-order chi connectivity index (χ1) is 6.90. The van der Waals surface area contributed by atoms with E-state index < -0.39 is 0 Å². The first kappa shape index (κ1) is 8.76. The van der Waals surface area contributed by atoms with Gasteiger partial charge in [-0.3, -0.25) is 0 Å². The lowest BCUT2D eigenvalue weighted by Crippen LogP contribution is -2.03. The van der Waals surface area contributed by atoms with Crippen LogP contribution in [0.2, 0.25) is 0 Å². The van der Waals surface area contributed by atoms with Crippen LogP contribution in [-0.4, -0.2) is 26.7 Å². The van der Waals surface area contributed by atoms with Crippen molar-refractivity contribution in [3.63, 3.8) is 0 Å². The summed E-state index contributed by atoms with van der Waals surface area (Å²) < 4.78 is 4.96. The molecule has 0 amide bonds. The number of nitrogens with zero attached hydrogens (tertiary/aromatic N) is 4. The second-order valence-electron chi connectivity index (χ2n) is 2.63. The van der Waals surface area contributed by atoms with Gasteiger partial charge in [-0.15, -0.1) is 0 Å². The van der Waals surface area contributed by atoms with E-state index in [0.29, 0.717) is 30.5 Å². The van der Waals surface area contributed by atoms with Crippen LogP contribution < -0.4 is 5.73 Å². The average Bonchev–Trinajstić information content (AvgIpc) is 2.68. The Morgan fingerprint density at radius 2 is 2.07 bits per heavy atom. The topological polar surface area (TPSA) is 90.7 Å². The van der Waals surface area contributed by atoms with E-state index in [1.54, 1.807) is 18.5 Å². The van der Waals surface area contributed by atoms with Gasteiger partial charge in [-0.2, -0.15) is 4.98 Å². The fraction of sp³-hybridized carbons (Fsp3) is 0.250. The van der Waals surface area contributed by atoms with Gasteiger partial charge < -0.3 is 10.3 Å². The maximum absolute atomic E-state index is 5.36. The first-order valence-electron chi connectivity index (χ1n) is 4.20. The molecule has 6 nitrogen and oxygen atoms in total. The summed E-state index contributed by atoms with van der Waals surface area (Å²) in [4.78, 5) is 12.1. The Morgan fingerprint density at radius 1 is 1.29 bits per heavy atom. The van der Waals surface area contributed by atoms with Crippen molar-refractivity contribution in [2.45, 2.75) is 6.42 Å². The molecule has 72 valence electrons. The highest BCUT2D eigenvalue weighted by atomic mass is 16.5. The second kappa shape index (κ2) is 3.93. The maximum Gasteiger partial charge on any atom is 0.295 e. The Labute approximate surface area is 80.2 Å². The van der Waals surface area contributed by atoms with Gasteiger partial charge in [0.25, 0.3) is 5.89 Å². The van der Waals surface area contributed by atoms with Gasteiger partial charge in [0, 0.05) is 18.8 Å². The predicted molar refractivity (Wildman–Crippen MR) is 48.1 cm³/mol. The molecule has 6 heteroatoms. The summed E-state index contributed by atoms with van der Waals surface area (Å²) in [5.74, 6) is 1.34. The SMILES string of the molecule is NCCc1noc(-c2ncccn2)n1. The van der Waals surface area contributed by atoms with Crippen LogP contribution in [0.25, 0.3) is 11.7 Å². The van der Waals surface area contributed by atoms with Crippen LogP contribution in [0.15, 0.2) is 23.0 Å². The third-order valence-electron chi connectivity index (χ3n) is 1.59. The van der Waals surface area contributed by atoms with Crippen molar-refractivity contribution >= 4 is 0 Å². The molecule has 0 aromatic carbocycles. The van der Waals surface area contributed by atoms with Crippen LogP contribution in [-0.2, 0) is 6.42 Å². The molecule has 2 N–H and O–H groups in total. The molecule has 0 aliphatic carbocycles. The molecule has 0 atom stereocenters. The molecule has 0 saturated carbocycles. The van der Waals surface area contributed by atoms with Crippen molar-refractivity contribution in [2.75, 3.05) is 6.54 Å². The molecule has 0 saturated heterocycles. The number of rotatable bonds is 3. The van der Waals surface area contributed by atoms with Crippen LogP contribution in [0.3, 0.4) is 0 Å². The number of hydrogen-bond acceptors (Lipinski definition) is 6. The standard InChI is InChI=1S/C8H9N5O/c9-3-2-6-12-8(14-13-6)7-10-4-1-5-11-7/h1,4-5H,2-3,9H2. The normalized spacial score (nSPS) is 10.4. The zero-order valence-corrected chi connectivity index (χ0v) is 7.42. The second-order valence-corrected chi connectivity index (χ2v) is 2.63. The summed E-state index contributed by atoms with van der Waals surface area (Å²) in [5.41, 5.74) is 5.36. The Morgan fingerprint density at radius 3 is 2.79 bits per heavy atom. The molecule has 14 heavy (non-hydrogen) atoms. The summed E-state index contributed by atoms with van der Waals surface area (Å²) in [5, 5.41) is 3.74. The van der Waals surface area contributed by atoms with Gasteiger partial charge in [0.05, 0.1) is 0 Å². The molecule has 0 fully saturated rings. The van der Waals surface area contributed by atoms with Gasteiger partial charge in [-0.05, 0) is 12.6 Å². The Hall–Kier alpha value is -1.82. The largest absolute Gasteiger partial charge is 0.330 e. The van der Waals surface area contributed by atoms with Crippen molar-refractivity contribution in [3.8, 4) is 11.7 Å². The zero-order valence-electron chi connectivity index (χ0n) is 7.42. The van der Waals surface area contributed by atoms with Gasteiger partial charge >= 0.3 is 0 Å². The number of hydrogen-bond donors (Lipinski definition) is 1. The van der Waals surface area contributed by atoms with Crippen LogP contribution in [0.1, 0.15) is 5.82 Å². The van der Waals surface area contributed by atoms with Crippen LogP contribution in [0.5, 0.6) is 0 Å². The van der Waals surface area contributed by atoms with Gasteiger partial charge in [0.1, 0.15) is 0 Å². The lowest BCUT2D eigenvalue weighted by Gasteiger charge is -1.88. The van der Waals surface area contributed by atoms with Crippen LogP contribution in [0.4, 0.5) is 0 Å². The van der Waals surface area contributed by atoms with Gasteiger partial charge in [-0.25, -0.2) is 9.97 Å². The smallest absolute Gasteiger partial charge is 0.295 e. The van der Waals surface area contributed by atoms with E-state index in [9.17, 15) is 0 Å². The molecule has 0 radical (unpaired) electrons. The molecular weight excluding hydrogens is 182 g/mol. The van der Waals surface area contributed by atoms with Crippen LogP contribution in [0, 0.1) is 0 Å². The van der Waals surface area contributed by atoms with E-state index in [0.717, 1.165) is 0 Å². The van der Waals surface area contributed by atoms with E-state index in [1.807, 2.05) is 0 Å². The molecule has 2 rings (SSSR count). The third-order valence-corrected chi connectivity index (χ3v) is 1.59. The minimum atomic E-state index is 0.328. The minimum Gasteiger partial charge on any atom is -0.330 e. The van der Waals surface area contributed by atoms with Crippen molar-refractivity contribution in [1.29, 1.82) is 0 Å². The fourth-order valence-electron chi connectivity index (χ4n) is 0.985. The average molecular weight is 191 g/mol. The quantitative estimate of drug-likeness (QED) is 0.735. The monoisotopic (exact) mass is 191 g/mol. The minimum absolute atomic E-state index is 0.328. The molecular formula is C8H9N5O. The van der Waals surface area contributed by atoms with Gasteiger partial charge in [0.15, 0.2) is 5.82 Å². The highest BCUT2D eigenvalue weighted by Crippen LogP contribution is 2.09. The molecule has 0 spiro atoms. The maximum atomic E-state index is 5.36. The highest BCUT2D eigenvalue weighted by molar-refractivity contribution is 5.38. The first-order valence-corrected chi connectivity index (χ1v) is 4.20. The van der Waals surface area contributed by atoms with Crippen LogP contribution >= 0.6 is 0 Å². The summed E-state index contributed by atoms with van der Waals surface area (Å²) in [6.45, 7) is 0.495. The Kier molecular flexibility index (Phi) is 2.46. The molecule has 0 unspecified atom stereocenters. The summed E-state index contributed by atoms with van der Waals surface area (Å²) in [7, 11) is 0. The van der Waals surface area contributed by atoms with Crippen molar-refractivity contribution in [2.24, 2.45) is 5.73 Å². The zero-order chi connectivity index (χ0) is 9.80. The van der Waals surface area contributed by atoms with E-state index in [1.165, 1.54) is 0 Å². The summed E-state index contributed by atoms with van der Waals surface area (Å²) in [6, 6.07) is 1.72. The van der Waals surface area contributed by atoms with Crippen molar-refractivity contribution in [3.05, 3.63) is 24.3 Å². The lowest BCUT2D eigenvalue weighted by atomic mass is 10.4. The van der Waals surface area contributed by atoms with Gasteiger partial charge in [-0.1, -0.05) is 5.16 Å². The Balaban J connectivity index is 2.25. The van der Waals surface area contributed by atoms with E-state index in [-0.39, 0.29) is 0 Å². The lowest BCUT2D eigenvalue weighted by molar-refractivity contribution is 0.420. The van der Waals surface area contributed by atoms with E-state index in [4.69, 9.17) is 10.3 Å². The third kappa shape index (κ3) is 1.74. The van der Waals surface area contributed by atoms with Gasteiger partial charge in [0.2, 0.25) is 5.82 Å². The highest BCUT2D eigenvalue weighted by Gasteiger charge is 2.09. The molecule has 0 aliphatic heterocycles. The van der Waals surface area contributed by atoms with Crippen molar-refractivity contribution in [1.82, 2.24) is 20.1 Å². The molecule has 2 heterocycles. The molecule has 0 aliphatic rings.